The average Bonchev–Trinajstić information content (AvgIpc) is 2.84. The molecular weight excluding hydrogens is 244 g/mol. The highest BCUT2D eigenvalue weighted by atomic mass is 16.3. The molecule has 0 saturated heterocycles. The Labute approximate surface area is 112 Å². The summed E-state index contributed by atoms with van der Waals surface area (Å²) in [7, 11) is 0. The third-order valence-electron chi connectivity index (χ3n) is 3.89. The van der Waals surface area contributed by atoms with Crippen molar-refractivity contribution < 1.29 is 15.0 Å². The number of hydrogen-bond donors (Lipinski definition) is 4. The Morgan fingerprint density at radius 3 is 2.32 bits per heavy atom. The summed E-state index contributed by atoms with van der Waals surface area (Å²) >= 11 is 0. The second-order valence-corrected chi connectivity index (χ2v) is 5.33. The minimum absolute atomic E-state index is 0.00846. The fourth-order valence-corrected chi connectivity index (χ4v) is 2.67. The van der Waals surface area contributed by atoms with Gasteiger partial charge >= 0.3 is 0 Å². The number of carbonyl (C=O) groups is 1. The first-order valence-electron chi connectivity index (χ1n) is 6.56. The van der Waals surface area contributed by atoms with Gasteiger partial charge in [-0.05, 0) is 36.9 Å². The first-order valence-corrected chi connectivity index (χ1v) is 6.56. The zero-order valence-corrected chi connectivity index (χ0v) is 10.9. The third kappa shape index (κ3) is 3.17. The van der Waals surface area contributed by atoms with E-state index in [1.54, 1.807) is 0 Å². The molecule has 19 heavy (non-hydrogen) atoms. The number of amides is 1. The minimum Gasteiger partial charge on any atom is -0.508 e. The summed E-state index contributed by atoms with van der Waals surface area (Å²) in [5.74, 6) is -0.551. The largest absolute Gasteiger partial charge is 0.508 e. The number of carbonyl (C=O) groups excluding carboxylic acids is 1. The Balaban J connectivity index is 2.01. The van der Waals surface area contributed by atoms with E-state index in [0.717, 1.165) is 25.7 Å². The predicted molar refractivity (Wildman–Crippen MR) is 72.1 cm³/mol. The Morgan fingerprint density at radius 2 is 1.79 bits per heavy atom. The monoisotopic (exact) mass is 264 g/mol. The van der Waals surface area contributed by atoms with Crippen LogP contribution in [0.2, 0.25) is 0 Å². The van der Waals surface area contributed by atoms with Crippen LogP contribution in [0.4, 0.5) is 0 Å². The van der Waals surface area contributed by atoms with Crippen LogP contribution in [0.15, 0.2) is 18.2 Å². The number of phenols is 2. The highest BCUT2D eigenvalue weighted by Gasteiger charge is 2.32. The predicted octanol–water partition coefficient (Wildman–Crippen LogP) is 1.35. The lowest BCUT2D eigenvalue weighted by Gasteiger charge is -2.27. The number of hydrogen-bond acceptors (Lipinski definition) is 4. The molecule has 0 spiro atoms. The zero-order chi connectivity index (χ0) is 13.9. The summed E-state index contributed by atoms with van der Waals surface area (Å²) in [6.07, 6.45) is 4.38. The molecule has 1 aliphatic carbocycles. The molecule has 1 aliphatic rings. The second-order valence-electron chi connectivity index (χ2n) is 5.33. The number of aromatic hydroxyl groups is 2. The first kappa shape index (κ1) is 13.7. The molecule has 1 amide bonds. The molecule has 0 unspecified atom stereocenters. The molecule has 0 aromatic heterocycles. The molecule has 5 heteroatoms. The van der Waals surface area contributed by atoms with Crippen LogP contribution in [0.25, 0.3) is 0 Å². The third-order valence-corrected chi connectivity index (χ3v) is 3.89. The van der Waals surface area contributed by atoms with Crippen molar-refractivity contribution in [2.24, 2.45) is 11.1 Å². The van der Waals surface area contributed by atoms with Gasteiger partial charge in [-0.2, -0.15) is 0 Å². The molecule has 0 atom stereocenters. The lowest BCUT2D eigenvalue weighted by Crippen LogP contribution is -2.40. The number of benzene rings is 1. The summed E-state index contributed by atoms with van der Waals surface area (Å²) in [5, 5.41) is 21.6. The van der Waals surface area contributed by atoms with Crippen LogP contribution >= 0.6 is 0 Å². The molecule has 104 valence electrons. The maximum Gasteiger partial charge on any atom is 0.251 e. The number of phenolic OH excluding ortho intramolecular Hbond substituents is 2. The van der Waals surface area contributed by atoms with Gasteiger partial charge in [0.05, 0.1) is 0 Å². The lowest BCUT2D eigenvalue weighted by molar-refractivity contribution is 0.0931. The van der Waals surface area contributed by atoms with E-state index in [1.165, 1.54) is 18.2 Å². The molecule has 1 saturated carbocycles. The van der Waals surface area contributed by atoms with Crippen LogP contribution in [0.3, 0.4) is 0 Å². The average molecular weight is 264 g/mol. The van der Waals surface area contributed by atoms with Gasteiger partial charge in [-0.25, -0.2) is 0 Å². The second kappa shape index (κ2) is 5.48. The zero-order valence-electron chi connectivity index (χ0n) is 10.9. The van der Waals surface area contributed by atoms with Gasteiger partial charge in [0.1, 0.15) is 11.5 Å². The van der Waals surface area contributed by atoms with Crippen molar-refractivity contribution >= 4 is 5.91 Å². The van der Waals surface area contributed by atoms with Crippen molar-refractivity contribution in [1.29, 1.82) is 0 Å². The van der Waals surface area contributed by atoms with Crippen LogP contribution in [0.5, 0.6) is 11.5 Å². The fraction of sp³-hybridized carbons (Fsp3) is 0.500. The molecule has 2 rings (SSSR count). The van der Waals surface area contributed by atoms with E-state index < -0.39 is 0 Å². The lowest BCUT2D eigenvalue weighted by atomic mass is 9.86. The summed E-state index contributed by atoms with van der Waals surface area (Å²) in [6, 6.07) is 3.85. The van der Waals surface area contributed by atoms with Gasteiger partial charge in [-0.1, -0.05) is 12.8 Å². The molecule has 1 aromatic carbocycles. The standard InChI is InChI=1S/C14H20N2O3/c15-8-14(3-1-2-4-14)9-16-13(19)10-5-11(17)7-12(18)6-10/h5-7,17-18H,1-4,8-9,15H2,(H,16,19). The quantitative estimate of drug-likeness (QED) is 0.660. The Kier molecular flexibility index (Phi) is 3.95. The van der Waals surface area contributed by atoms with E-state index in [2.05, 4.69) is 5.32 Å². The molecule has 0 heterocycles. The SMILES string of the molecule is NCC1(CNC(=O)c2cc(O)cc(O)c2)CCCC1. The maximum absolute atomic E-state index is 12.0. The first-order chi connectivity index (χ1) is 9.04. The van der Waals surface area contributed by atoms with E-state index in [4.69, 9.17) is 5.73 Å². The summed E-state index contributed by atoms with van der Waals surface area (Å²) in [5.41, 5.74) is 6.07. The van der Waals surface area contributed by atoms with Crippen molar-refractivity contribution in [1.82, 2.24) is 5.32 Å². The number of nitrogens with one attached hydrogen (secondary N) is 1. The fourth-order valence-electron chi connectivity index (χ4n) is 2.67. The van der Waals surface area contributed by atoms with E-state index in [-0.39, 0.29) is 28.4 Å². The number of nitrogens with two attached hydrogens (primary N) is 1. The molecule has 5 N–H and O–H groups in total. The van der Waals surface area contributed by atoms with Gasteiger partial charge in [-0.3, -0.25) is 4.79 Å². The Bertz CT molecular complexity index is 448. The maximum atomic E-state index is 12.0. The van der Waals surface area contributed by atoms with Crippen molar-refractivity contribution in [2.75, 3.05) is 13.1 Å². The highest BCUT2D eigenvalue weighted by molar-refractivity contribution is 5.95. The molecule has 0 bridgehead atoms. The molecule has 0 aliphatic heterocycles. The van der Waals surface area contributed by atoms with Gasteiger partial charge < -0.3 is 21.3 Å². The van der Waals surface area contributed by atoms with Gasteiger partial charge in [-0.15, -0.1) is 0 Å². The van der Waals surface area contributed by atoms with E-state index in [1.807, 2.05) is 0 Å². The minimum atomic E-state index is -0.300. The van der Waals surface area contributed by atoms with E-state index in [0.29, 0.717) is 13.1 Å². The van der Waals surface area contributed by atoms with Crippen molar-refractivity contribution in [3.05, 3.63) is 23.8 Å². The summed E-state index contributed by atoms with van der Waals surface area (Å²) in [6.45, 7) is 1.11. The summed E-state index contributed by atoms with van der Waals surface area (Å²) < 4.78 is 0. The van der Waals surface area contributed by atoms with Crippen molar-refractivity contribution in [2.45, 2.75) is 25.7 Å². The van der Waals surface area contributed by atoms with Crippen molar-refractivity contribution in [3.8, 4) is 11.5 Å². The normalized spacial score (nSPS) is 17.3. The van der Waals surface area contributed by atoms with Crippen LogP contribution in [-0.4, -0.2) is 29.2 Å². The Hall–Kier alpha value is -1.75. The smallest absolute Gasteiger partial charge is 0.251 e. The summed E-state index contributed by atoms with van der Waals surface area (Å²) in [4.78, 5) is 12.0. The molecule has 5 nitrogen and oxygen atoms in total. The van der Waals surface area contributed by atoms with Gasteiger partial charge in [0.15, 0.2) is 0 Å². The molecular formula is C14H20N2O3. The van der Waals surface area contributed by atoms with Gasteiger partial charge in [0.2, 0.25) is 0 Å². The topological polar surface area (TPSA) is 95.6 Å². The van der Waals surface area contributed by atoms with Crippen molar-refractivity contribution in [3.63, 3.8) is 0 Å². The van der Waals surface area contributed by atoms with Crippen LogP contribution in [0.1, 0.15) is 36.0 Å². The van der Waals surface area contributed by atoms with Crippen LogP contribution < -0.4 is 11.1 Å². The van der Waals surface area contributed by atoms with Gasteiger partial charge in [0.25, 0.3) is 5.91 Å². The highest BCUT2D eigenvalue weighted by Crippen LogP contribution is 2.36. The Morgan fingerprint density at radius 1 is 1.21 bits per heavy atom. The van der Waals surface area contributed by atoms with Gasteiger partial charge in [0, 0.05) is 18.2 Å². The molecule has 0 radical (unpaired) electrons. The van der Waals surface area contributed by atoms with Crippen LogP contribution in [0, 0.1) is 5.41 Å². The number of rotatable bonds is 4. The van der Waals surface area contributed by atoms with Crippen LogP contribution in [-0.2, 0) is 0 Å². The molecule has 1 fully saturated rings. The molecule has 1 aromatic rings. The van der Waals surface area contributed by atoms with E-state index >= 15 is 0 Å². The van der Waals surface area contributed by atoms with E-state index in [9.17, 15) is 15.0 Å².